The fourth-order valence-electron chi connectivity index (χ4n) is 1.40. The van der Waals surface area contributed by atoms with Gasteiger partial charge in [0.25, 0.3) is 0 Å². The van der Waals surface area contributed by atoms with Gasteiger partial charge in [0, 0.05) is 5.41 Å². The molecule has 0 aliphatic heterocycles. The molecule has 2 nitrogen and oxygen atoms in total. The molecule has 1 heterocycles. The molecule has 0 unspecified atom stereocenters. The van der Waals surface area contributed by atoms with Crippen LogP contribution < -0.4 is 0 Å². The predicted molar refractivity (Wildman–Crippen MR) is 68.5 cm³/mol. The van der Waals surface area contributed by atoms with E-state index in [9.17, 15) is 0 Å². The Morgan fingerprint density at radius 2 is 1.56 bits per heavy atom. The Hall–Kier alpha value is -0.920. The van der Waals surface area contributed by atoms with Crippen LogP contribution in [0.5, 0.6) is 0 Å². The molecule has 0 aromatic carbocycles. The molecule has 90 valence electrons. The second kappa shape index (κ2) is 4.52. The summed E-state index contributed by atoms with van der Waals surface area (Å²) in [6.45, 7) is 13.2. The number of rotatable bonds is 2. The second-order valence-corrected chi connectivity index (χ2v) is 6.72. The Morgan fingerprint density at radius 3 is 1.94 bits per heavy atom. The molecule has 0 aliphatic rings. The number of hydrogen-bond acceptors (Lipinski definition) is 2. The van der Waals surface area contributed by atoms with Gasteiger partial charge in [0.05, 0.1) is 11.4 Å². The van der Waals surface area contributed by atoms with Crippen molar-refractivity contribution in [1.29, 1.82) is 0 Å². The lowest BCUT2D eigenvalue weighted by Crippen LogP contribution is -2.15. The summed E-state index contributed by atoms with van der Waals surface area (Å²) in [6, 6.07) is 4.21. The Bertz CT molecular complexity index is 325. The van der Waals surface area contributed by atoms with Gasteiger partial charge >= 0.3 is 0 Å². The van der Waals surface area contributed by atoms with Gasteiger partial charge in [-0.2, -0.15) is 10.2 Å². The van der Waals surface area contributed by atoms with Gasteiger partial charge in [-0.25, -0.2) is 0 Å². The summed E-state index contributed by atoms with van der Waals surface area (Å²) in [4.78, 5) is 0. The number of nitrogens with zero attached hydrogens (tertiary/aromatic N) is 2. The molecule has 1 aromatic rings. The maximum Gasteiger partial charge on any atom is 0.0684 e. The van der Waals surface area contributed by atoms with Gasteiger partial charge < -0.3 is 0 Å². The van der Waals surface area contributed by atoms with Crippen LogP contribution in [0.2, 0.25) is 0 Å². The lowest BCUT2D eigenvalue weighted by molar-refractivity contribution is 0.375. The lowest BCUT2D eigenvalue weighted by atomic mass is 9.89. The monoisotopic (exact) mass is 220 g/mol. The van der Waals surface area contributed by atoms with Gasteiger partial charge in [0.2, 0.25) is 0 Å². The van der Waals surface area contributed by atoms with Crippen LogP contribution in [0.25, 0.3) is 0 Å². The first-order valence-electron chi connectivity index (χ1n) is 6.02. The molecule has 16 heavy (non-hydrogen) atoms. The van der Waals surface area contributed by atoms with E-state index in [0.717, 1.165) is 24.2 Å². The molecule has 0 saturated heterocycles. The molecule has 0 radical (unpaired) electrons. The molecule has 0 amide bonds. The topological polar surface area (TPSA) is 25.8 Å². The van der Waals surface area contributed by atoms with E-state index in [4.69, 9.17) is 0 Å². The van der Waals surface area contributed by atoms with E-state index in [2.05, 4.69) is 63.9 Å². The van der Waals surface area contributed by atoms with Gasteiger partial charge in [-0.3, -0.25) is 0 Å². The van der Waals surface area contributed by atoms with Gasteiger partial charge in [-0.15, -0.1) is 0 Å². The standard InChI is InChI=1S/C14H24N2/c1-13(2,3)10-9-11-7-8-12(16-15-11)14(4,5)6/h7-8H,9-10H2,1-6H3. The Balaban J connectivity index is 2.66. The van der Waals surface area contributed by atoms with Crippen molar-refractivity contribution in [1.82, 2.24) is 10.2 Å². The smallest absolute Gasteiger partial charge is 0.0684 e. The zero-order valence-corrected chi connectivity index (χ0v) is 11.5. The normalized spacial score (nSPS) is 12.9. The van der Waals surface area contributed by atoms with Crippen molar-refractivity contribution in [3.05, 3.63) is 23.5 Å². The second-order valence-electron chi connectivity index (χ2n) is 6.72. The van der Waals surface area contributed by atoms with Crippen LogP contribution in [0.3, 0.4) is 0 Å². The van der Waals surface area contributed by atoms with Gasteiger partial charge in [0.1, 0.15) is 0 Å². The number of aromatic nitrogens is 2. The molecule has 0 fully saturated rings. The largest absolute Gasteiger partial charge is 0.155 e. The summed E-state index contributed by atoms with van der Waals surface area (Å²) in [6.07, 6.45) is 2.16. The summed E-state index contributed by atoms with van der Waals surface area (Å²) >= 11 is 0. The lowest BCUT2D eigenvalue weighted by Gasteiger charge is -2.18. The molecule has 0 bridgehead atoms. The minimum absolute atomic E-state index is 0.0928. The van der Waals surface area contributed by atoms with E-state index in [1.807, 2.05) is 0 Å². The van der Waals surface area contributed by atoms with Crippen LogP contribution in [0.1, 0.15) is 59.4 Å². The van der Waals surface area contributed by atoms with Crippen molar-refractivity contribution in [3.8, 4) is 0 Å². The maximum atomic E-state index is 4.30. The molecule has 0 saturated carbocycles. The maximum absolute atomic E-state index is 4.30. The van der Waals surface area contributed by atoms with E-state index < -0.39 is 0 Å². The molecule has 1 rings (SSSR count). The van der Waals surface area contributed by atoms with Crippen LogP contribution in [0.4, 0.5) is 0 Å². The van der Waals surface area contributed by atoms with Crippen LogP contribution in [-0.2, 0) is 11.8 Å². The fourth-order valence-corrected chi connectivity index (χ4v) is 1.40. The summed E-state index contributed by atoms with van der Waals surface area (Å²) in [5, 5.41) is 8.60. The van der Waals surface area contributed by atoms with E-state index in [1.165, 1.54) is 0 Å². The highest BCUT2D eigenvalue weighted by atomic mass is 15.1. The minimum Gasteiger partial charge on any atom is -0.155 e. The van der Waals surface area contributed by atoms with E-state index in [0.29, 0.717) is 5.41 Å². The van der Waals surface area contributed by atoms with Crippen LogP contribution in [0, 0.1) is 5.41 Å². The van der Waals surface area contributed by atoms with Crippen LogP contribution in [-0.4, -0.2) is 10.2 Å². The minimum atomic E-state index is 0.0928. The third-order valence-electron chi connectivity index (χ3n) is 2.62. The first-order chi connectivity index (χ1) is 7.18. The van der Waals surface area contributed by atoms with E-state index >= 15 is 0 Å². The summed E-state index contributed by atoms with van der Waals surface area (Å²) in [7, 11) is 0. The molecule has 2 heteroatoms. The SMILES string of the molecule is CC(C)(C)CCc1ccc(C(C)(C)C)nn1. The van der Waals surface area contributed by atoms with Crippen molar-refractivity contribution < 1.29 is 0 Å². The van der Waals surface area contributed by atoms with Crippen molar-refractivity contribution >= 4 is 0 Å². The van der Waals surface area contributed by atoms with Crippen molar-refractivity contribution in [2.45, 2.75) is 59.8 Å². The van der Waals surface area contributed by atoms with Gasteiger partial charge in [-0.1, -0.05) is 41.5 Å². The summed E-state index contributed by atoms with van der Waals surface area (Å²) < 4.78 is 0. The number of aryl methyl sites for hydroxylation is 1. The zero-order chi connectivity index (χ0) is 12.4. The molecular formula is C14H24N2. The van der Waals surface area contributed by atoms with E-state index in [1.54, 1.807) is 0 Å². The average molecular weight is 220 g/mol. The van der Waals surface area contributed by atoms with Gasteiger partial charge in [0.15, 0.2) is 0 Å². The molecule has 0 N–H and O–H groups in total. The zero-order valence-electron chi connectivity index (χ0n) is 11.5. The molecular weight excluding hydrogens is 196 g/mol. The Labute approximate surface area is 99.5 Å². The highest BCUT2D eigenvalue weighted by Gasteiger charge is 2.16. The average Bonchev–Trinajstić information content (AvgIpc) is 2.13. The Kier molecular flexibility index (Phi) is 3.72. The van der Waals surface area contributed by atoms with Crippen LogP contribution >= 0.6 is 0 Å². The fraction of sp³-hybridized carbons (Fsp3) is 0.714. The number of hydrogen-bond donors (Lipinski definition) is 0. The quantitative estimate of drug-likeness (QED) is 0.758. The van der Waals surface area contributed by atoms with E-state index in [-0.39, 0.29) is 5.41 Å². The molecule has 0 atom stereocenters. The third-order valence-corrected chi connectivity index (χ3v) is 2.62. The highest BCUT2D eigenvalue weighted by Crippen LogP contribution is 2.22. The predicted octanol–water partition coefficient (Wildman–Crippen LogP) is 3.75. The van der Waals surface area contributed by atoms with Crippen LogP contribution in [0.15, 0.2) is 12.1 Å². The molecule has 0 aliphatic carbocycles. The van der Waals surface area contributed by atoms with Gasteiger partial charge in [-0.05, 0) is 30.4 Å². The summed E-state index contributed by atoms with van der Waals surface area (Å²) in [5.41, 5.74) is 2.62. The van der Waals surface area contributed by atoms with Crippen molar-refractivity contribution in [2.75, 3.05) is 0 Å². The molecule has 0 spiro atoms. The van der Waals surface area contributed by atoms with Crippen molar-refractivity contribution in [3.63, 3.8) is 0 Å². The Morgan fingerprint density at radius 1 is 0.938 bits per heavy atom. The highest BCUT2D eigenvalue weighted by molar-refractivity contribution is 5.14. The summed E-state index contributed by atoms with van der Waals surface area (Å²) in [5.74, 6) is 0. The van der Waals surface area contributed by atoms with Crippen molar-refractivity contribution in [2.24, 2.45) is 5.41 Å². The molecule has 1 aromatic heterocycles. The third kappa shape index (κ3) is 4.30. The first-order valence-corrected chi connectivity index (χ1v) is 6.02. The first kappa shape index (κ1) is 13.1.